The summed E-state index contributed by atoms with van der Waals surface area (Å²) >= 11 is 0. The van der Waals surface area contributed by atoms with Gasteiger partial charge in [0.1, 0.15) is 5.78 Å². The van der Waals surface area contributed by atoms with Crippen molar-refractivity contribution in [3.63, 3.8) is 0 Å². The van der Waals surface area contributed by atoms with Gasteiger partial charge in [0.2, 0.25) is 5.91 Å². The first-order valence-electron chi connectivity index (χ1n) is 6.06. The Kier molecular flexibility index (Phi) is 6.78. The normalized spacial score (nSPS) is 10.2. The molecule has 0 fully saturated rings. The lowest BCUT2D eigenvalue weighted by atomic mass is 10.2. The number of ether oxygens (including phenoxy) is 2. The van der Waals surface area contributed by atoms with Gasteiger partial charge in [0.15, 0.2) is 0 Å². The first-order valence-corrected chi connectivity index (χ1v) is 6.06. The van der Waals surface area contributed by atoms with Crippen LogP contribution < -0.4 is 5.32 Å². The SMILES string of the molecule is COCCOCc1cccc(NC(=O)CC(C)=O)c1. The predicted molar refractivity (Wildman–Crippen MR) is 71.9 cm³/mol. The van der Waals surface area contributed by atoms with Crippen molar-refractivity contribution in [2.24, 2.45) is 0 Å². The monoisotopic (exact) mass is 265 g/mol. The molecule has 5 nitrogen and oxygen atoms in total. The van der Waals surface area contributed by atoms with Gasteiger partial charge < -0.3 is 14.8 Å². The molecule has 1 rings (SSSR count). The highest BCUT2D eigenvalue weighted by atomic mass is 16.5. The van der Waals surface area contributed by atoms with Crippen LogP contribution in [0.4, 0.5) is 5.69 Å². The molecule has 0 radical (unpaired) electrons. The van der Waals surface area contributed by atoms with Gasteiger partial charge in [-0.3, -0.25) is 9.59 Å². The van der Waals surface area contributed by atoms with Crippen molar-refractivity contribution >= 4 is 17.4 Å². The smallest absolute Gasteiger partial charge is 0.231 e. The highest BCUT2D eigenvalue weighted by molar-refractivity contribution is 6.03. The van der Waals surface area contributed by atoms with E-state index in [2.05, 4.69) is 5.32 Å². The number of hydrogen-bond donors (Lipinski definition) is 1. The van der Waals surface area contributed by atoms with Gasteiger partial charge in [-0.2, -0.15) is 0 Å². The maximum Gasteiger partial charge on any atom is 0.231 e. The second-order valence-corrected chi connectivity index (χ2v) is 4.17. The van der Waals surface area contributed by atoms with E-state index in [0.29, 0.717) is 25.5 Å². The number of nitrogens with one attached hydrogen (secondary N) is 1. The van der Waals surface area contributed by atoms with Gasteiger partial charge in [-0.25, -0.2) is 0 Å². The number of hydrogen-bond acceptors (Lipinski definition) is 4. The van der Waals surface area contributed by atoms with E-state index >= 15 is 0 Å². The van der Waals surface area contributed by atoms with Crippen molar-refractivity contribution in [3.05, 3.63) is 29.8 Å². The lowest BCUT2D eigenvalue weighted by Crippen LogP contribution is -2.14. The zero-order valence-corrected chi connectivity index (χ0v) is 11.3. The predicted octanol–water partition coefficient (Wildman–Crippen LogP) is 1.77. The third-order valence-corrected chi connectivity index (χ3v) is 2.32. The Balaban J connectivity index is 2.47. The van der Waals surface area contributed by atoms with Crippen molar-refractivity contribution in [2.45, 2.75) is 20.0 Å². The molecule has 0 saturated carbocycles. The summed E-state index contributed by atoms with van der Waals surface area (Å²) in [6.45, 7) is 2.92. The molecule has 0 heterocycles. The Morgan fingerprint density at radius 3 is 2.74 bits per heavy atom. The average Bonchev–Trinajstić information content (AvgIpc) is 2.34. The van der Waals surface area contributed by atoms with Crippen LogP contribution in [0.2, 0.25) is 0 Å². The molecule has 1 N–H and O–H groups in total. The maximum atomic E-state index is 11.5. The summed E-state index contributed by atoms with van der Waals surface area (Å²) in [6.07, 6.45) is -0.103. The van der Waals surface area contributed by atoms with E-state index in [1.807, 2.05) is 18.2 Å². The van der Waals surface area contributed by atoms with Crippen LogP contribution in [0.1, 0.15) is 18.9 Å². The van der Waals surface area contributed by atoms with Gasteiger partial charge in [-0.05, 0) is 24.6 Å². The molecule has 0 aromatic heterocycles. The number of carbonyl (C=O) groups excluding carboxylic acids is 2. The third-order valence-electron chi connectivity index (χ3n) is 2.32. The molecule has 0 saturated heterocycles. The molecular formula is C14H19NO4. The molecule has 0 atom stereocenters. The van der Waals surface area contributed by atoms with Gasteiger partial charge >= 0.3 is 0 Å². The molecule has 1 aromatic rings. The van der Waals surface area contributed by atoms with Crippen molar-refractivity contribution in [1.82, 2.24) is 0 Å². The summed E-state index contributed by atoms with van der Waals surface area (Å²) in [7, 11) is 1.62. The zero-order chi connectivity index (χ0) is 14.1. The molecule has 104 valence electrons. The van der Waals surface area contributed by atoms with Crippen LogP contribution in [0.15, 0.2) is 24.3 Å². The Morgan fingerprint density at radius 2 is 2.05 bits per heavy atom. The van der Waals surface area contributed by atoms with Crippen LogP contribution in [0.25, 0.3) is 0 Å². The van der Waals surface area contributed by atoms with Crippen LogP contribution in [-0.2, 0) is 25.7 Å². The van der Waals surface area contributed by atoms with Gasteiger partial charge in [0.05, 0.1) is 26.2 Å². The summed E-state index contributed by atoms with van der Waals surface area (Å²) in [4.78, 5) is 22.3. The lowest BCUT2D eigenvalue weighted by Gasteiger charge is -2.07. The van der Waals surface area contributed by atoms with Gasteiger partial charge in [0, 0.05) is 12.8 Å². The van der Waals surface area contributed by atoms with E-state index in [1.54, 1.807) is 13.2 Å². The summed E-state index contributed by atoms with van der Waals surface area (Å²) < 4.78 is 10.3. The summed E-state index contributed by atoms with van der Waals surface area (Å²) in [6, 6.07) is 7.34. The molecule has 1 amide bonds. The number of amides is 1. The van der Waals surface area contributed by atoms with Crippen LogP contribution in [0, 0.1) is 0 Å². The van der Waals surface area contributed by atoms with Crippen molar-refractivity contribution in [2.75, 3.05) is 25.6 Å². The zero-order valence-electron chi connectivity index (χ0n) is 11.3. The lowest BCUT2D eigenvalue weighted by molar-refractivity contribution is -0.124. The van der Waals surface area contributed by atoms with Crippen LogP contribution in [-0.4, -0.2) is 32.0 Å². The molecule has 0 aliphatic carbocycles. The largest absolute Gasteiger partial charge is 0.382 e. The fourth-order valence-electron chi connectivity index (χ4n) is 1.50. The van der Waals surface area contributed by atoms with E-state index in [9.17, 15) is 9.59 Å². The Morgan fingerprint density at radius 1 is 1.26 bits per heavy atom. The molecule has 0 aliphatic rings. The van der Waals surface area contributed by atoms with E-state index in [4.69, 9.17) is 9.47 Å². The number of carbonyl (C=O) groups is 2. The van der Waals surface area contributed by atoms with Crippen LogP contribution in [0.5, 0.6) is 0 Å². The molecule has 5 heteroatoms. The minimum atomic E-state index is -0.301. The Bertz CT molecular complexity index is 431. The van der Waals surface area contributed by atoms with Gasteiger partial charge in [-0.1, -0.05) is 12.1 Å². The summed E-state index contributed by atoms with van der Waals surface area (Å²) in [5.74, 6) is -0.457. The number of anilines is 1. The first kappa shape index (κ1) is 15.3. The Hall–Kier alpha value is -1.72. The van der Waals surface area contributed by atoms with Crippen LogP contribution >= 0.6 is 0 Å². The van der Waals surface area contributed by atoms with E-state index in [1.165, 1.54) is 6.92 Å². The van der Waals surface area contributed by atoms with E-state index in [-0.39, 0.29) is 18.1 Å². The summed E-state index contributed by atoms with van der Waals surface area (Å²) in [5.41, 5.74) is 1.62. The minimum Gasteiger partial charge on any atom is -0.382 e. The van der Waals surface area contributed by atoms with Crippen molar-refractivity contribution < 1.29 is 19.1 Å². The number of Topliss-reactive ketones (excluding diaryl/α,β-unsaturated/α-hetero) is 1. The minimum absolute atomic E-state index is 0.103. The fraction of sp³-hybridized carbons (Fsp3) is 0.429. The highest BCUT2D eigenvalue weighted by Gasteiger charge is 2.05. The molecule has 0 bridgehead atoms. The van der Waals surface area contributed by atoms with Crippen molar-refractivity contribution in [3.8, 4) is 0 Å². The maximum absolute atomic E-state index is 11.5. The molecule has 0 aliphatic heterocycles. The molecule has 0 spiro atoms. The second-order valence-electron chi connectivity index (χ2n) is 4.17. The standard InChI is InChI=1S/C14H19NO4/c1-11(16)8-14(17)15-13-5-3-4-12(9-13)10-19-7-6-18-2/h3-5,9H,6-8,10H2,1-2H3,(H,15,17). The average molecular weight is 265 g/mol. The first-order chi connectivity index (χ1) is 9.11. The van der Waals surface area contributed by atoms with Crippen molar-refractivity contribution in [1.29, 1.82) is 0 Å². The molecular weight excluding hydrogens is 246 g/mol. The highest BCUT2D eigenvalue weighted by Crippen LogP contribution is 2.12. The van der Waals surface area contributed by atoms with E-state index in [0.717, 1.165) is 5.56 Å². The number of benzene rings is 1. The Labute approximate surface area is 112 Å². The third kappa shape index (κ3) is 6.69. The van der Waals surface area contributed by atoms with Gasteiger partial charge in [-0.15, -0.1) is 0 Å². The number of ketones is 1. The fourth-order valence-corrected chi connectivity index (χ4v) is 1.50. The quantitative estimate of drug-likeness (QED) is 0.574. The number of methoxy groups -OCH3 is 1. The van der Waals surface area contributed by atoms with Gasteiger partial charge in [0.25, 0.3) is 0 Å². The molecule has 0 unspecified atom stereocenters. The second kappa shape index (κ2) is 8.39. The number of rotatable bonds is 8. The molecule has 19 heavy (non-hydrogen) atoms. The van der Waals surface area contributed by atoms with Crippen LogP contribution in [0.3, 0.4) is 0 Å². The molecule has 1 aromatic carbocycles. The topological polar surface area (TPSA) is 64.6 Å². The van der Waals surface area contributed by atoms with E-state index < -0.39 is 0 Å². The summed E-state index contributed by atoms with van der Waals surface area (Å²) in [5, 5.41) is 2.68.